The zero-order chi connectivity index (χ0) is 68.5. The molecule has 99 heavy (non-hydrogen) atoms. The Kier molecular flexibility index (Phi) is 19.4. The monoisotopic (exact) mass is 1350 g/mol. The molecule has 0 amide bonds. The SMILES string of the molecule is COc1cccc(C)c1-c1cc(-c2nc(-c3ccnc(C4(C#N)CCNCC4)c3)cnc2C)on1.Cc1ncc(-c2ccnc(C3(C#N)CCNCC3)c2)nc1-c1cc(-c2ccccc2F)no1.Cc1ncc(-c2ccnc(C3(C#N)CCNCC3)c2)nc1-c1cc(-c2cccs2)no1.[HH].[HH].[HH].[HH].[HH].[HH]. The van der Waals surface area contributed by atoms with Crippen molar-refractivity contribution in [2.45, 2.75) is 82.5 Å². The molecule has 3 aliphatic heterocycles. The smallest absolute Gasteiger partial charge is 0.187 e. The number of ether oxygens (including phenoxy) is 1. The van der Waals surface area contributed by atoms with Crippen LogP contribution in [-0.2, 0) is 16.2 Å². The molecule has 24 heteroatoms. The minimum atomic E-state index is -0.609. The largest absolute Gasteiger partial charge is 0.496 e. The Morgan fingerprint density at radius 1 is 0.475 bits per heavy atom. The Bertz CT molecular complexity index is 5040. The van der Waals surface area contributed by atoms with Gasteiger partial charge in [-0.25, -0.2) is 19.3 Å². The molecule has 0 unspecified atom stereocenters. The number of hydrogen-bond acceptors (Lipinski definition) is 23. The Morgan fingerprint density at radius 2 is 0.889 bits per heavy atom. The number of nitriles is 3. The highest BCUT2D eigenvalue weighted by atomic mass is 32.1. The van der Waals surface area contributed by atoms with Crippen LogP contribution in [0.15, 0.2) is 165 Å². The van der Waals surface area contributed by atoms with Crippen molar-refractivity contribution in [2.24, 2.45) is 0 Å². The molecule has 3 N–H and O–H groups in total. The Morgan fingerprint density at radius 3 is 1.30 bits per heavy atom. The molecular weight excluding hydrogens is 1270 g/mol. The normalized spacial score (nSPS) is 15.2. The molecule has 12 aromatic rings. The molecule has 3 aliphatic rings. The molecular formula is C75H79FN18O4S. The topological polar surface area (TPSA) is 311 Å². The van der Waals surface area contributed by atoms with E-state index in [4.69, 9.17) is 33.3 Å². The molecule has 3 fully saturated rings. The third-order valence-corrected chi connectivity index (χ3v) is 19.3. The molecule has 3 saturated heterocycles. The van der Waals surface area contributed by atoms with E-state index in [0.29, 0.717) is 86.9 Å². The third kappa shape index (κ3) is 13.8. The average molecular weight is 1350 g/mol. The van der Waals surface area contributed by atoms with Crippen LogP contribution in [0.3, 0.4) is 0 Å². The molecule has 22 nitrogen and oxygen atoms in total. The fourth-order valence-electron chi connectivity index (χ4n) is 12.6. The maximum absolute atomic E-state index is 14.2. The van der Waals surface area contributed by atoms with Gasteiger partial charge in [0, 0.05) is 73.2 Å². The van der Waals surface area contributed by atoms with Gasteiger partial charge in [-0.1, -0.05) is 45.8 Å². The van der Waals surface area contributed by atoms with E-state index in [1.807, 2.05) is 112 Å². The first-order chi connectivity index (χ1) is 48.3. The summed E-state index contributed by atoms with van der Waals surface area (Å²) in [5.41, 5.74) is 13.2. The predicted molar refractivity (Wildman–Crippen MR) is 383 cm³/mol. The summed E-state index contributed by atoms with van der Waals surface area (Å²) in [5.74, 6) is 1.87. The lowest BCUT2D eigenvalue weighted by atomic mass is 9.77. The van der Waals surface area contributed by atoms with E-state index >= 15 is 0 Å². The first kappa shape index (κ1) is 66.2. The summed E-state index contributed by atoms with van der Waals surface area (Å²) in [6.45, 7) is 12.4. The molecule has 0 saturated carbocycles. The van der Waals surface area contributed by atoms with Crippen LogP contribution in [-0.4, -0.2) is 107 Å². The summed E-state index contributed by atoms with van der Waals surface area (Å²) >= 11 is 1.61. The molecule has 2 aromatic carbocycles. The van der Waals surface area contributed by atoms with Gasteiger partial charge in [0.15, 0.2) is 17.3 Å². The van der Waals surface area contributed by atoms with E-state index in [2.05, 4.69) is 79.5 Å². The predicted octanol–water partition coefficient (Wildman–Crippen LogP) is 14.9. The number of pyridine rings is 3. The summed E-state index contributed by atoms with van der Waals surface area (Å²) in [6, 6.07) is 40.7. The number of thiophene rings is 1. The number of nitrogens with zero attached hydrogens (tertiary/aromatic N) is 15. The Hall–Kier alpha value is -11.5. The Labute approximate surface area is 583 Å². The lowest BCUT2D eigenvalue weighted by Gasteiger charge is -2.30. The van der Waals surface area contributed by atoms with Crippen LogP contribution in [0.4, 0.5) is 4.39 Å². The fraction of sp³-hybridized carbons (Fsp3) is 0.267. The van der Waals surface area contributed by atoms with Crippen molar-refractivity contribution in [1.82, 2.24) is 76.3 Å². The molecule has 13 heterocycles. The molecule has 0 bridgehead atoms. The first-order valence-electron chi connectivity index (χ1n) is 32.4. The molecule has 0 atom stereocenters. The van der Waals surface area contributed by atoms with Gasteiger partial charge in [-0.05, 0) is 177 Å². The summed E-state index contributed by atoms with van der Waals surface area (Å²) < 4.78 is 36.5. The van der Waals surface area contributed by atoms with Crippen molar-refractivity contribution < 1.29 is 31.3 Å². The summed E-state index contributed by atoms with van der Waals surface area (Å²) in [5, 5.41) is 54.2. The van der Waals surface area contributed by atoms with E-state index < -0.39 is 16.2 Å². The van der Waals surface area contributed by atoms with E-state index in [9.17, 15) is 20.2 Å². The van der Waals surface area contributed by atoms with Crippen molar-refractivity contribution in [2.75, 3.05) is 46.4 Å². The van der Waals surface area contributed by atoms with Crippen molar-refractivity contribution in [3.05, 3.63) is 197 Å². The number of hydrogen-bond donors (Lipinski definition) is 3. The molecule has 0 radical (unpaired) electrons. The minimum Gasteiger partial charge on any atom is -0.496 e. The highest BCUT2D eigenvalue weighted by molar-refractivity contribution is 7.13. The van der Waals surface area contributed by atoms with Gasteiger partial charge >= 0.3 is 0 Å². The van der Waals surface area contributed by atoms with Crippen LogP contribution in [0.2, 0.25) is 0 Å². The van der Waals surface area contributed by atoms with Gasteiger partial charge in [-0.3, -0.25) is 29.9 Å². The maximum Gasteiger partial charge on any atom is 0.187 e. The lowest BCUT2D eigenvalue weighted by molar-refractivity contribution is 0.375. The fourth-order valence-corrected chi connectivity index (χ4v) is 13.3. The maximum atomic E-state index is 14.2. The van der Waals surface area contributed by atoms with Gasteiger partial charge in [-0.2, -0.15) is 15.8 Å². The van der Waals surface area contributed by atoms with E-state index in [0.717, 1.165) is 138 Å². The summed E-state index contributed by atoms with van der Waals surface area (Å²) in [6.07, 6.45) is 14.7. The zero-order valence-electron chi connectivity index (χ0n) is 55.0. The van der Waals surface area contributed by atoms with E-state index in [1.165, 1.54) is 6.07 Å². The number of rotatable bonds is 13. The van der Waals surface area contributed by atoms with Crippen LogP contribution >= 0.6 is 11.3 Å². The number of benzene rings is 2. The second-order valence-electron chi connectivity index (χ2n) is 24.5. The highest BCUT2D eigenvalue weighted by Crippen LogP contribution is 2.40. The number of aromatic nitrogens is 12. The number of methoxy groups -OCH3 is 1. The number of nitrogens with one attached hydrogen (secondary N) is 3. The molecule has 0 spiro atoms. The molecule has 10 aromatic heterocycles. The third-order valence-electron chi connectivity index (χ3n) is 18.4. The van der Waals surface area contributed by atoms with Crippen molar-refractivity contribution in [3.8, 4) is 125 Å². The van der Waals surface area contributed by atoms with E-state index in [-0.39, 0.29) is 14.4 Å². The van der Waals surface area contributed by atoms with Crippen LogP contribution in [0.1, 0.15) is 86.8 Å². The summed E-state index contributed by atoms with van der Waals surface area (Å²) in [4.78, 5) is 42.7. The number of aryl methyl sites for hydroxylation is 4. The molecule has 15 rings (SSSR count). The van der Waals surface area contributed by atoms with Crippen molar-refractivity contribution in [3.63, 3.8) is 0 Å². The molecule has 0 aliphatic carbocycles. The van der Waals surface area contributed by atoms with Crippen LogP contribution < -0.4 is 20.7 Å². The van der Waals surface area contributed by atoms with Gasteiger partial charge in [-0.15, -0.1) is 11.3 Å². The quantitative estimate of drug-likeness (QED) is 0.0965. The highest BCUT2D eigenvalue weighted by Gasteiger charge is 2.38. The van der Waals surface area contributed by atoms with Crippen LogP contribution in [0.25, 0.3) is 101 Å². The van der Waals surface area contributed by atoms with Gasteiger partial charge < -0.3 is 34.3 Å². The van der Waals surface area contributed by atoms with Gasteiger partial charge in [0.05, 0.1) is 100 Å². The summed E-state index contributed by atoms with van der Waals surface area (Å²) in [7, 11) is 1.64. The Balaban J connectivity index is 0.000000214. The van der Waals surface area contributed by atoms with E-state index in [1.54, 1.807) is 79.9 Å². The second-order valence-corrected chi connectivity index (χ2v) is 25.5. The standard InChI is InChI=1S/C27H26N6O2.C25H21FN6O.C23H20N6OS.6H2/c1-17-5-4-6-22(34-3)25(17)20-14-23(35-33-20)26-18(2)31-15-21(32-26)19-7-10-30-24(13-19)27(16-28)8-11-29-12-9-27;1-16-24(22-13-20(32-33-22)18-4-2-3-5-19(18)26)31-21(14-30-16)17-6-9-29-23(12-17)25(15-27)7-10-28-11-8-25;1-15-22(19-12-17(29-30-19)20-3-2-10-31-20)28-18(13-27-15)16-4-7-26-21(11-16)23(14-24)5-8-25-9-6-23;;;;;;/h4-7,10,13-15,29H,8-9,11-12H2,1-3H3;2-6,9,12-14,28H,7-8,10-11H2,1H3;2-4,7,10-13,25H,5-6,8-9H2,1H3;6*1H. The van der Waals surface area contributed by atoms with Gasteiger partial charge in [0.25, 0.3) is 0 Å². The van der Waals surface area contributed by atoms with Crippen molar-refractivity contribution in [1.29, 1.82) is 15.8 Å². The number of piperidine rings is 3. The van der Waals surface area contributed by atoms with Gasteiger partial charge in [0.1, 0.15) is 62.0 Å². The zero-order valence-corrected chi connectivity index (χ0v) is 55.9. The minimum absolute atomic E-state index is 0. The lowest BCUT2D eigenvalue weighted by Crippen LogP contribution is -2.39. The molecule has 506 valence electrons. The van der Waals surface area contributed by atoms with Crippen LogP contribution in [0, 0.1) is 67.5 Å². The second kappa shape index (κ2) is 29.1. The average Bonchev–Trinajstić information content (AvgIpc) is 1.60. The van der Waals surface area contributed by atoms with Gasteiger partial charge in [0.2, 0.25) is 0 Å². The van der Waals surface area contributed by atoms with Crippen LogP contribution in [0.5, 0.6) is 5.75 Å². The first-order valence-corrected chi connectivity index (χ1v) is 33.3. The van der Waals surface area contributed by atoms with Crippen molar-refractivity contribution >= 4 is 11.3 Å². The number of halogens is 1.